The van der Waals surface area contributed by atoms with Crippen molar-refractivity contribution in [2.24, 2.45) is 0 Å². The van der Waals surface area contributed by atoms with Gasteiger partial charge in [0.05, 0.1) is 0 Å². The fourth-order valence-electron chi connectivity index (χ4n) is 7.63. The van der Waals surface area contributed by atoms with Gasteiger partial charge in [0.1, 0.15) is 0 Å². The SMILES string of the molecule is CCCCCc1cccc(C2=C(CCCC)C=C(c3ccc(CCCC)cc3)[N+]2=[N-])c1.[CH2-]CCCCCCCCCCCC.[CH2-]CCCCCCCCCCCC.[Ni+2]. The Morgan fingerprint density at radius 1 is 0.431 bits per heavy atom. The van der Waals surface area contributed by atoms with Crippen molar-refractivity contribution in [1.29, 1.82) is 0 Å². The van der Waals surface area contributed by atoms with Gasteiger partial charge in [-0.25, -0.2) is 4.70 Å². The minimum atomic E-state index is 0. The fraction of sp³-hybridized carbons (Fsp3) is 0.673. The molecular weight excluding hydrogens is 747 g/mol. The van der Waals surface area contributed by atoms with Crippen molar-refractivity contribution in [3.05, 3.63) is 102 Å². The van der Waals surface area contributed by atoms with Gasteiger partial charge in [0.2, 0.25) is 11.4 Å². The standard InChI is InChI=1S/C29H38N2.2C13H27.Ni/c1-4-7-10-13-24-14-11-16-26(21-24)29-27(15-9-6-3)22-28(31(29)30)25-19-17-23(18-20-25)12-8-5-2;2*1-3-5-7-9-11-13-12-10-8-6-4-2;/h11,14,16-22H,4-10,12-13,15H2,1-3H3;2*1,3-13H2,2H3;/q;2*-1;+2. The summed E-state index contributed by atoms with van der Waals surface area (Å²) in [6, 6.07) is 17.5. The van der Waals surface area contributed by atoms with Gasteiger partial charge in [-0.15, -0.1) is 0 Å². The van der Waals surface area contributed by atoms with Gasteiger partial charge in [-0.3, -0.25) is 0 Å². The molecule has 0 bridgehead atoms. The van der Waals surface area contributed by atoms with Gasteiger partial charge >= 0.3 is 16.5 Å². The van der Waals surface area contributed by atoms with E-state index >= 15 is 0 Å². The van der Waals surface area contributed by atoms with Crippen LogP contribution in [0.3, 0.4) is 0 Å². The van der Waals surface area contributed by atoms with Crippen LogP contribution in [0.1, 0.15) is 249 Å². The monoisotopic (exact) mass is 839 g/mol. The van der Waals surface area contributed by atoms with Crippen molar-refractivity contribution >= 4 is 11.4 Å². The average Bonchev–Trinajstić information content (AvgIpc) is 3.57. The van der Waals surface area contributed by atoms with Gasteiger partial charge in [-0.05, 0) is 73.9 Å². The second kappa shape index (κ2) is 40.4. The summed E-state index contributed by atoms with van der Waals surface area (Å²) in [4.78, 5) is 0. The molecule has 2 aromatic carbocycles. The number of rotatable bonds is 32. The van der Waals surface area contributed by atoms with Crippen LogP contribution >= 0.6 is 0 Å². The summed E-state index contributed by atoms with van der Waals surface area (Å²) in [5.74, 6) is 0. The molecule has 0 saturated carbocycles. The van der Waals surface area contributed by atoms with Gasteiger partial charge in [0.25, 0.3) is 0 Å². The molecule has 2 nitrogen and oxygen atoms in total. The Balaban J connectivity index is 0.00000100. The molecule has 0 aromatic heterocycles. The number of allylic oxidation sites excluding steroid dienone is 2. The van der Waals surface area contributed by atoms with E-state index in [4.69, 9.17) is 0 Å². The molecular formula is C55H92N2Ni. The molecule has 0 spiro atoms. The van der Waals surface area contributed by atoms with E-state index in [0.717, 1.165) is 67.5 Å². The third-order valence-corrected chi connectivity index (χ3v) is 11.4. The van der Waals surface area contributed by atoms with Crippen LogP contribution in [-0.2, 0) is 29.3 Å². The first-order chi connectivity index (χ1) is 28.0. The maximum absolute atomic E-state index is 11.2. The Labute approximate surface area is 372 Å². The minimum Gasteiger partial charge on any atom is -0.493 e. The van der Waals surface area contributed by atoms with E-state index in [-0.39, 0.29) is 16.5 Å². The average molecular weight is 840 g/mol. The first kappa shape index (κ1) is 56.0. The zero-order valence-electron chi connectivity index (χ0n) is 38.9. The number of nitrogens with zero attached hydrogens (tertiary/aromatic N) is 2. The molecule has 1 heterocycles. The Morgan fingerprint density at radius 3 is 1.31 bits per heavy atom. The van der Waals surface area contributed by atoms with Crippen molar-refractivity contribution in [3.8, 4) is 0 Å². The molecule has 0 aliphatic carbocycles. The molecule has 0 saturated heterocycles. The van der Waals surface area contributed by atoms with Crippen molar-refractivity contribution < 1.29 is 21.2 Å². The third kappa shape index (κ3) is 27.0. The number of aryl methyl sites for hydroxylation is 2. The van der Waals surface area contributed by atoms with Crippen LogP contribution in [0.25, 0.3) is 16.9 Å². The summed E-state index contributed by atoms with van der Waals surface area (Å²) >= 11 is 0. The van der Waals surface area contributed by atoms with E-state index in [9.17, 15) is 5.53 Å². The summed E-state index contributed by atoms with van der Waals surface area (Å²) < 4.78 is 1.43. The Hall–Kier alpha value is -1.99. The smallest absolute Gasteiger partial charge is 0.493 e. The molecule has 0 N–H and O–H groups in total. The summed E-state index contributed by atoms with van der Waals surface area (Å²) in [6.07, 6.45) is 44.6. The maximum atomic E-state index is 11.2. The molecule has 0 atom stereocenters. The van der Waals surface area contributed by atoms with E-state index < -0.39 is 0 Å². The van der Waals surface area contributed by atoms with Gasteiger partial charge in [-0.1, -0.05) is 213 Å². The normalized spacial score (nSPS) is 12.1. The van der Waals surface area contributed by atoms with Gasteiger partial charge < -0.3 is 19.4 Å². The molecule has 2 aromatic rings. The number of unbranched alkanes of at least 4 members (excludes halogenated alkanes) is 24. The maximum Gasteiger partial charge on any atom is 2.00 e. The first-order valence-electron chi connectivity index (χ1n) is 24.7. The van der Waals surface area contributed by atoms with Gasteiger partial charge in [0.15, 0.2) is 0 Å². The Morgan fingerprint density at radius 2 is 0.845 bits per heavy atom. The second-order valence-electron chi connectivity index (χ2n) is 16.8. The first-order valence-corrected chi connectivity index (χ1v) is 24.7. The van der Waals surface area contributed by atoms with E-state index in [0.29, 0.717) is 0 Å². The number of hydrogen-bond donors (Lipinski definition) is 0. The number of benzene rings is 2. The van der Waals surface area contributed by atoms with E-state index in [1.165, 1.54) is 182 Å². The van der Waals surface area contributed by atoms with Gasteiger partial charge in [-0.2, -0.15) is 12.8 Å². The summed E-state index contributed by atoms with van der Waals surface area (Å²) in [5.41, 5.74) is 19.2. The predicted octanol–water partition coefficient (Wildman–Crippen LogP) is 19.0. The molecule has 58 heavy (non-hydrogen) atoms. The fourth-order valence-corrected chi connectivity index (χ4v) is 7.63. The number of hydrogen-bond acceptors (Lipinski definition) is 0. The zero-order valence-corrected chi connectivity index (χ0v) is 39.9. The van der Waals surface area contributed by atoms with E-state index in [1.807, 2.05) is 0 Å². The molecule has 0 amide bonds. The van der Waals surface area contributed by atoms with Crippen LogP contribution < -0.4 is 0 Å². The van der Waals surface area contributed by atoms with Crippen LogP contribution in [0.2, 0.25) is 0 Å². The van der Waals surface area contributed by atoms with Crippen LogP contribution in [0.4, 0.5) is 0 Å². The van der Waals surface area contributed by atoms with E-state index in [1.54, 1.807) is 0 Å². The quantitative estimate of drug-likeness (QED) is 0.0304. The minimum absolute atomic E-state index is 0. The van der Waals surface area contributed by atoms with Crippen LogP contribution in [-0.4, -0.2) is 4.70 Å². The van der Waals surface area contributed by atoms with E-state index in [2.05, 4.69) is 103 Å². The van der Waals surface area contributed by atoms with Crippen LogP contribution in [0.5, 0.6) is 0 Å². The Kier molecular flexibility index (Phi) is 39.0. The molecule has 3 heteroatoms. The van der Waals surface area contributed by atoms with Crippen molar-refractivity contribution in [3.63, 3.8) is 0 Å². The molecule has 0 unspecified atom stereocenters. The topological polar surface area (TPSA) is 25.3 Å². The summed E-state index contributed by atoms with van der Waals surface area (Å²) in [6.45, 7) is 19.0. The van der Waals surface area contributed by atoms with Crippen molar-refractivity contribution in [1.82, 2.24) is 0 Å². The summed E-state index contributed by atoms with van der Waals surface area (Å²) in [5, 5.41) is 0. The molecule has 1 aliphatic heterocycles. The third-order valence-electron chi connectivity index (χ3n) is 11.4. The molecule has 332 valence electrons. The predicted molar refractivity (Wildman–Crippen MR) is 256 cm³/mol. The van der Waals surface area contributed by atoms with Crippen LogP contribution in [0.15, 0.2) is 60.2 Å². The van der Waals surface area contributed by atoms with Crippen LogP contribution in [0, 0.1) is 13.8 Å². The zero-order chi connectivity index (χ0) is 41.6. The molecule has 1 aliphatic rings. The molecule has 3 rings (SSSR count). The summed E-state index contributed by atoms with van der Waals surface area (Å²) in [7, 11) is 0. The second-order valence-corrected chi connectivity index (χ2v) is 16.8. The molecule has 0 fully saturated rings. The molecule has 0 radical (unpaired) electrons. The Bertz CT molecular complexity index is 1250. The van der Waals surface area contributed by atoms with Gasteiger partial charge in [0, 0.05) is 22.8 Å². The van der Waals surface area contributed by atoms with Crippen molar-refractivity contribution in [2.45, 2.75) is 240 Å². The largest absolute Gasteiger partial charge is 2.00 e. The van der Waals surface area contributed by atoms with Crippen molar-refractivity contribution in [2.75, 3.05) is 0 Å².